The lowest BCUT2D eigenvalue weighted by Gasteiger charge is -2.23. The molecule has 5 rings (SSSR count). The minimum absolute atomic E-state index is 0. The van der Waals surface area contributed by atoms with Gasteiger partial charge in [0.1, 0.15) is 0 Å². The zero-order valence-corrected chi connectivity index (χ0v) is 20.6. The van der Waals surface area contributed by atoms with Gasteiger partial charge in [0, 0.05) is 24.7 Å². The van der Waals surface area contributed by atoms with Crippen molar-refractivity contribution in [2.75, 3.05) is 26.2 Å². The molecule has 1 saturated carbocycles. The Balaban J connectivity index is 0.00000136. The number of nitrogens with zero attached hydrogens (tertiary/aromatic N) is 4. The molecule has 3 aliphatic rings. The van der Waals surface area contributed by atoms with Crippen LogP contribution in [-0.2, 0) is 5.54 Å². The molecule has 0 spiro atoms. The van der Waals surface area contributed by atoms with Gasteiger partial charge >= 0.3 is 0 Å². The maximum atomic E-state index is 13.7. The highest BCUT2D eigenvalue weighted by molar-refractivity contribution is 6.06. The van der Waals surface area contributed by atoms with Crippen molar-refractivity contribution in [3.63, 3.8) is 0 Å². The second kappa shape index (κ2) is 8.87. The van der Waals surface area contributed by atoms with Gasteiger partial charge in [-0.15, -0.1) is 24.8 Å². The van der Waals surface area contributed by atoms with Crippen molar-refractivity contribution in [2.45, 2.75) is 64.8 Å². The van der Waals surface area contributed by atoms with Gasteiger partial charge in [0.15, 0.2) is 5.65 Å². The minimum Gasteiger partial charge on any atom is -0.339 e. The maximum Gasteiger partial charge on any atom is 0.254 e. The van der Waals surface area contributed by atoms with Gasteiger partial charge < -0.3 is 10.2 Å². The lowest BCUT2D eigenvalue weighted by atomic mass is 9.92. The molecule has 6 nitrogen and oxygen atoms in total. The van der Waals surface area contributed by atoms with Crippen molar-refractivity contribution in [2.24, 2.45) is 11.8 Å². The molecule has 3 fully saturated rings. The van der Waals surface area contributed by atoms with Crippen molar-refractivity contribution in [3.8, 4) is 0 Å². The summed E-state index contributed by atoms with van der Waals surface area (Å²) >= 11 is 0. The molecule has 172 valence electrons. The summed E-state index contributed by atoms with van der Waals surface area (Å²) in [5.74, 6) is 2.11. The molecule has 2 saturated heterocycles. The van der Waals surface area contributed by atoms with Crippen LogP contribution in [0.4, 0.5) is 0 Å². The van der Waals surface area contributed by atoms with Crippen LogP contribution < -0.4 is 5.32 Å². The zero-order chi connectivity index (χ0) is 20.3. The summed E-state index contributed by atoms with van der Waals surface area (Å²) in [6, 6.07) is 2.08. The zero-order valence-electron chi connectivity index (χ0n) is 19.0. The van der Waals surface area contributed by atoms with Crippen LogP contribution in [0.25, 0.3) is 11.0 Å². The van der Waals surface area contributed by atoms with E-state index in [9.17, 15) is 4.79 Å². The summed E-state index contributed by atoms with van der Waals surface area (Å²) < 4.78 is 2.01. The number of carbonyl (C=O) groups is 1. The van der Waals surface area contributed by atoms with Crippen LogP contribution in [0.15, 0.2) is 6.07 Å². The Labute approximate surface area is 197 Å². The number of aromatic nitrogens is 3. The number of fused-ring (bicyclic) bond motifs is 2. The molecule has 2 aromatic heterocycles. The predicted molar refractivity (Wildman–Crippen MR) is 129 cm³/mol. The molecule has 2 aliphatic heterocycles. The number of amides is 1. The quantitative estimate of drug-likeness (QED) is 0.715. The molecule has 31 heavy (non-hydrogen) atoms. The lowest BCUT2D eigenvalue weighted by molar-refractivity contribution is 0.0760. The first-order chi connectivity index (χ1) is 13.8. The molecule has 0 bridgehead atoms. The van der Waals surface area contributed by atoms with E-state index in [2.05, 4.69) is 37.1 Å². The number of hydrogen-bond acceptors (Lipinski definition) is 4. The van der Waals surface area contributed by atoms with E-state index < -0.39 is 0 Å². The summed E-state index contributed by atoms with van der Waals surface area (Å²) in [5, 5.41) is 9.28. The first-order valence-electron chi connectivity index (χ1n) is 11.2. The minimum atomic E-state index is -0.172. The third kappa shape index (κ3) is 4.44. The first kappa shape index (κ1) is 24.3. The fraction of sp³-hybridized carbons (Fsp3) is 0.696. The molecule has 8 heteroatoms. The van der Waals surface area contributed by atoms with Crippen LogP contribution >= 0.6 is 24.8 Å². The van der Waals surface area contributed by atoms with Crippen LogP contribution in [0, 0.1) is 18.8 Å². The Morgan fingerprint density at radius 3 is 2.23 bits per heavy atom. The van der Waals surface area contributed by atoms with Gasteiger partial charge in [-0.3, -0.25) is 4.79 Å². The van der Waals surface area contributed by atoms with E-state index in [0.717, 1.165) is 78.8 Å². The average molecular weight is 468 g/mol. The molecule has 1 aliphatic carbocycles. The highest BCUT2D eigenvalue weighted by Crippen LogP contribution is 2.41. The van der Waals surface area contributed by atoms with Gasteiger partial charge in [0.2, 0.25) is 0 Å². The number of likely N-dealkylation sites (tertiary alicyclic amines) is 1. The van der Waals surface area contributed by atoms with Gasteiger partial charge in [0.25, 0.3) is 5.91 Å². The normalized spacial score (nSPS) is 23.7. The van der Waals surface area contributed by atoms with Crippen molar-refractivity contribution in [1.29, 1.82) is 0 Å². The van der Waals surface area contributed by atoms with Crippen LogP contribution in [0.2, 0.25) is 0 Å². The molecule has 2 atom stereocenters. The van der Waals surface area contributed by atoms with Crippen molar-refractivity contribution in [1.82, 2.24) is 25.0 Å². The molecular formula is C23H35Cl2N5O. The number of rotatable bonds is 2. The largest absolute Gasteiger partial charge is 0.339 e. The van der Waals surface area contributed by atoms with Crippen molar-refractivity contribution in [3.05, 3.63) is 23.0 Å². The lowest BCUT2D eigenvalue weighted by Crippen LogP contribution is -2.33. The number of hydrogen-bond donors (Lipinski definition) is 1. The smallest absolute Gasteiger partial charge is 0.254 e. The first-order valence-corrected chi connectivity index (χ1v) is 11.2. The third-order valence-corrected chi connectivity index (χ3v) is 7.00. The van der Waals surface area contributed by atoms with E-state index in [0.29, 0.717) is 5.92 Å². The second-order valence-corrected chi connectivity index (χ2v) is 10.3. The Kier molecular flexibility index (Phi) is 6.95. The van der Waals surface area contributed by atoms with Gasteiger partial charge in [-0.2, -0.15) is 5.10 Å². The van der Waals surface area contributed by atoms with Crippen LogP contribution in [-0.4, -0.2) is 51.8 Å². The standard InChI is InChI=1S/C23H33N5O.2ClH/c1-14-20-18(22(29)27-9-7-16-12-24-13-17(16)8-10-27)11-19(15-5-6-15)25-21(20)28(26-14)23(2,3)4;;/h11,15-17,24H,5-10,12-13H2,1-4H3;2*1H/t16-,17+;;. The molecule has 0 aromatic carbocycles. The van der Waals surface area contributed by atoms with E-state index in [1.807, 2.05) is 11.6 Å². The monoisotopic (exact) mass is 467 g/mol. The summed E-state index contributed by atoms with van der Waals surface area (Å²) in [6.45, 7) is 12.4. The Morgan fingerprint density at radius 2 is 1.68 bits per heavy atom. The van der Waals surface area contributed by atoms with Crippen LogP contribution in [0.3, 0.4) is 0 Å². The van der Waals surface area contributed by atoms with Gasteiger partial charge in [-0.05, 0) is 84.4 Å². The van der Waals surface area contributed by atoms with Crippen LogP contribution in [0.1, 0.15) is 74.1 Å². The summed E-state index contributed by atoms with van der Waals surface area (Å²) in [4.78, 5) is 20.8. The summed E-state index contributed by atoms with van der Waals surface area (Å²) in [7, 11) is 0. The highest BCUT2D eigenvalue weighted by atomic mass is 35.5. The van der Waals surface area contributed by atoms with E-state index in [-0.39, 0.29) is 36.3 Å². The van der Waals surface area contributed by atoms with Crippen molar-refractivity contribution >= 4 is 41.8 Å². The van der Waals surface area contributed by atoms with E-state index in [1.54, 1.807) is 0 Å². The molecule has 0 radical (unpaired) electrons. The van der Waals surface area contributed by atoms with E-state index in [1.165, 1.54) is 12.8 Å². The number of nitrogens with one attached hydrogen (secondary N) is 1. The fourth-order valence-corrected chi connectivity index (χ4v) is 5.12. The van der Waals surface area contributed by atoms with Gasteiger partial charge in [0.05, 0.1) is 22.2 Å². The van der Waals surface area contributed by atoms with Gasteiger partial charge in [-0.1, -0.05) is 0 Å². The predicted octanol–water partition coefficient (Wildman–Crippen LogP) is 4.29. The molecule has 1 amide bonds. The molecular weight excluding hydrogens is 433 g/mol. The summed E-state index contributed by atoms with van der Waals surface area (Å²) in [6.07, 6.45) is 4.56. The fourth-order valence-electron chi connectivity index (χ4n) is 5.12. The number of aryl methyl sites for hydroxylation is 1. The molecule has 2 aromatic rings. The topological polar surface area (TPSA) is 63.1 Å². The summed E-state index contributed by atoms with van der Waals surface area (Å²) in [5.41, 5.74) is 3.49. The maximum absolute atomic E-state index is 13.7. The second-order valence-electron chi connectivity index (χ2n) is 10.3. The van der Waals surface area contributed by atoms with E-state index >= 15 is 0 Å². The van der Waals surface area contributed by atoms with Crippen molar-refractivity contribution < 1.29 is 4.79 Å². The van der Waals surface area contributed by atoms with Crippen LogP contribution in [0.5, 0.6) is 0 Å². The average Bonchev–Trinajstić information content (AvgIpc) is 3.39. The van der Waals surface area contributed by atoms with E-state index in [4.69, 9.17) is 10.1 Å². The number of pyridine rings is 1. The third-order valence-electron chi connectivity index (χ3n) is 7.00. The molecule has 0 unspecified atom stereocenters. The van der Waals surface area contributed by atoms with Gasteiger partial charge in [-0.25, -0.2) is 9.67 Å². The Morgan fingerprint density at radius 1 is 1.06 bits per heavy atom. The number of carbonyl (C=O) groups excluding carboxylic acids is 1. The SMILES string of the molecule is Cc1nn(C(C)(C)C)c2nc(C3CC3)cc(C(=O)N3CC[C@@H]4CNC[C@@H]4CC3)c12.Cl.Cl. The molecule has 4 heterocycles. The molecule has 1 N–H and O–H groups in total. The number of halogens is 2. The Hall–Kier alpha value is -1.37. The Bertz CT molecular complexity index is 949. The highest BCUT2D eigenvalue weighted by Gasteiger charge is 2.34.